The van der Waals surface area contributed by atoms with Crippen LogP contribution in [0.3, 0.4) is 0 Å². The number of unbranched alkanes of at least 4 members (excludes halogenated alkanes) is 31. The zero-order chi connectivity index (χ0) is 55.5. The summed E-state index contributed by atoms with van der Waals surface area (Å²) in [7, 11) is -4.75. The van der Waals surface area contributed by atoms with E-state index in [2.05, 4.69) is 81.5 Å². The van der Waals surface area contributed by atoms with Crippen molar-refractivity contribution in [3.63, 3.8) is 0 Å². The molecule has 0 radical (unpaired) electrons. The number of carbonyl (C=O) groups is 3. The molecule has 12 heteroatoms. The van der Waals surface area contributed by atoms with Crippen LogP contribution in [0.4, 0.5) is 0 Å². The fourth-order valence-corrected chi connectivity index (χ4v) is 9.48. The van der Waals surface area contributed by atoms with E-state index in [4.69, 9.17) is 23.3 Å². The van der Waals surface area contributed by atoms with Gasteiger partial charge in [0.1, 0.15) is 12.7 Å². The molecule has 0 aliphatic carbocycles. The summed E-state index contributed by atoms with van der Waals surface area (Å²) in [5, 5.41) is 9.82. The summed E-state index contributed by atoms with van der Waals surface area (Å²) >= 11 is 0. The molecule has 0 aliphatic heterocycles. The van der Waals surface area contributed by atoms with Crippen molar-refractivity contribution in [2.24, 2.45) is 0 Å². The fraction of sp³-hybridized carbons (Fsp3) is 0.797. The Bertz CT molecular complexity index is 1510. The molecule has 0 bridgehead atoms. The zero-order valence-corrected chi connectivity index (χ0v) is 49.9. The molecule has 0 saturated carbocycles. The SMILES string of the molecule is CC/C=C\C/C=C\C/C=C\C/C=C\CCCCCCCCC(=O)OCC(COP(=O)(O)OCC(CO)OC(=O)CCCCCCC/C=C\CCCCCC)OC(=O)CCCCCCCCCCCCCCCCCCC. The molecular formula is C64H115O11P. The summed E-state index contributed by atoms with van der Waals surface area (Å²) in [6, 6.07) is 0. The molecule has 0 aromatic heterocycles. The first-order chi connectivity index (χ1) is 37.2. The van der Waals surface area contributed by atoms with Gasteiger partial charge in [0.15, 0.2) is 6.10 Å². The van der Waals surface area contributed by atoms with Gasteiger partial charge in [-0.05, 0) is 83.5 Å². The van der Waals surface area contributed by atoms with Crippen molar-refractivity contribution >= 4 is 25.7 Å². The topological polar surface area (TPSA) is 155 Å². The van der Waals surface area contributed by atoms with Gasteiger partial charge >= 0.3 is 25.7 Å². The maximum absolute atomic E-state index is 12.9. The lowest BCUT2D eigenvalue weighted by atomic mass is 10.0. The van der Waals surface area contributed by atoms with Gasteiger partial charge in [-0.15, -0.1) is 0 Å². The molecular weight excluding hydrogens is 976 g/mol. The molecule has 0 spiro atoms. The van der Waals surface area contributed by atoms with Crippen LogP contribution in [0.5, 0.6) is 0 Å². The number of phosphoric ester groups is 1. The molecule has 0 aromatic rings. The van der Waals surface area contributed by atoms with Crippen molar-refractivity contribution in [1.82, 2.24) is 0 Å². The van der Waals surface area contributed by atoms with Crippen LogP contribution in [-0.2, 0) is 42.2 Å². The Kier molecular flexibility index (Phi) is 56.2. The quantitative estimate of drug-likeness (QED) is 0.0197. The van der Waals surface area contributed by atoms with E-state index in [1.165, 1.54) is 109 Å². The van der Waals surface area contributed by atoms with E-state index in [1.54, 1.807) is 0 Å². The number of phosphoric acid groups is 1. The molecule has 0 amide bonds. The van der Waals surface area contributed by atoms with Crippen molar-refractivity contribution in [3.05, 3.63) is 60.8 Å². The average Bonchev–Trinajstić information content (AvgIpc) is 3.41. The van der Waals surface area contributed by atoms with Crippen LogP contribution in [0, 0.1) is 0 Å². The third-order valence-electron chi connectivity index (χ3n) is 13.4. The minimum Gasteiger partial charge on any atom is -0.462 e. The van der Waals surface area contributed by atoms with Gasteiger partial charge in [0.25, 0.3) is 0 Å². The highest BCUT2D eigenvalue weighted by molar-refractivity contribution is 7.47. The van der Waals surface area contributed by atoms with Crippen molar-refractivity contribution in [2.45, 2.75) is 303 Å². The standard InChI is InChI=1S/C64H115O11P/c1-4-7-10-13-16-19-22-25-27-29-30-32-33-36-38-41-44-47-50-53-62(66)71-57-61(75-64(68)55-52-49-46-43-40-37-34-31-28-26-23-20-17-14-11-8-5-2)59-73-76(69,70)72-58-60(56-65)74-63(67)54-51-48-45-42-39-35-24-21-18-15-12-9-6-3/h7,10,16,19,21,24-25,27,30,32,60-61,65H,4-6,8-9,11-15,17-18,20,22-23,26,28-29,31,33-59H2,1-3H3,(H,69,70)/b10-7-,19-16-,24-21-,27-25-,32-30-. The first-order valence-corrected chi connectivity index (χ1v) is 32.7. The maximum Gasteiger partial charge on any atom is 0.472 e. The van der Waals surface area contributed by atoms with Crippen molar-refractivity contribution in [2.75, 3.05) is 26.4 Å². The van der Waals surface area contributed by atoms with E-state index < -0.39 is 57.8 Å². The summed E-state index contributed by atoms with van der Waals surface area (Å²) in [5.41, 5.74) is 0. The Morgan fingerprint density at radius 3 is 1.08 bits per heavy atom. The zero-order valence-electron chi connectivity index (χ0n) is 49.0. The van der Waals surface area contributed by atoms with Gasteiger partial charge in [-0.2, -0.15) is 0 Å². The van der Waals surface area contributed by atoms with Gasteiger partial charge in [0.2, 0.25) is 0 Å². The number of aliphatic hydroxyl groups is 1. The predicted octanol–water partition coefficient (Wildman–Crippen LogP) is 18.7. The minimum absolute atomic E-state index is 0.167. The van der Waals surface area contributed by atoms with Gasteiger partial charge in [-0.3, -0.25) is 23.4 Å². The maximum atomic E-state index is 12.9. The van der Waals surface area contributed by atoms with Gasteiger partial charge in [0, 0.05) is 19.3 Å². The second kappa shape index (κ2) is 58.3. The van der Waals surface area contributed by atoms with E-state index in [-0.39, 0.29) is 25.9 Å². The highest BCUT2D eigenvalue weighted by Gasteiger charge is 2.28. The van der Waals surface area contributed by atoms with Gasteiger partial charge in [-0.25, -0.2) is 4.57 Å². The highest BCUT2D eigenvalue weighted by atomic mass is 31.2. The Balaban J connectivity index is 4.72. The number of allylic oxidation sites excluding steroid dienone is 10. The number of hydrogen-bond acceptors (Lipinski definition) is 10. The highest BCUT2D eigenvalue weighted by Crippen LogP contribution is 2.43. The molecule has 0 fully saturated rings. The molecule has 11 nitrogen and oxygen atoms in total. The van der Waals surface area contributed by atoms with Crippen molar-refractivity contribution < 1.29 is 52.2 Å². The number of esters is 3. The monoisotopic (exact) mass is 1090 g/mol. The lowest BCUT2D eigenvalue weighted by Gasteiger charge is -2.21. The average molecular weight is 1090 g/mol. The molecule has 442 valence electrons. The number of carbonyl (C=O) groups excluding carboxylic acids is 3. The van der Waals surface area contributed by atoms with E-state index in [1.807, 2.05) is 0 Å². The molecule has 0 aliphatic rings. The number of hydrogen-bond donors (Lipinski definition) is 2. The van der Waals surface area contributed by atoms with Crippen LogP contribution in [0.25, 0.3) is 0 Å². The third kappa shape index (κ3) is 55.9. The lowest BCUT2D eigenvalue weighted by molar-refractivity contribution is -0.161. The van der Waals surface area contributed by atoms with E-state index in [0.717, 1.165) is 122 Å². The molecule has 76 heavy (non-hydrogen) atoms. The van der Waals surface area contributed by atoms with Gasteiger partial charge < -0.3 is 24.2 Å². The Morgan fingerprint density at radius 1 is 0.382 bits per heavy atom. The molecule has 0 saturated heterocycles. The van der Waals surface area contributed by atoms with Gasteiger partial charge in [-0.1, -0.05) is 248 Å². The second-order valence-electron chi connectivity index (χ2n) is 20.8. The summed E-state index contributed by atoms with van der Waals surface area (Å²) < 4.78 is 39.6. The van der Waals surface area contributed by atoms with Crippen LogP contribution in [0.2, 0.25) is 0 Å². The first-order valence-electron chi connectivity index (χ1n) is 31.2. The molecule has 0 aromatic carbocycles. The molecule has 2 N–H and O–H groups in total. The number of ether oxygens (including phenoxy) is 3. The Morgan fingerprint density at radius 2 is 0.684 bits per heavy atom. The van der Waals surface area contributed by atoms with Crippen LogP contribution >= 0.6 is 7.82 Å². The van der Waals surface area contributed by atoms with Crippen LogP contribution in [0.15, 0.2) is 60.8 Å². The summed E-state index contributed by atoms with van der Waals surface area (Å²) in [6.07, 6.45) is 64.6. The molecule has 3 unspecified atom stereocenters. The Labute approximate surface area is 465 Å². The smallest absolute Gasteiger partial charge is 0.462 e. The second-order valence-corrected chi connectivity index (χ2v) is 22.3. The van der Waals surface area contributed by atoms with Gasteiger partial charge in [0.05, 0.1) is 19.8 Å². The normalized spacial score (nSPS) is 13.7. The Hall–Kier alpha value is -2.82. The van der Waals surface area contributed by atoms with Crippen LogP contribution in [-0.4, -0.2) is 66.5 Å². The number of rotatable bonds is 58. The summed E-state index contributed by atoms with van der Waals surface area (Å²) in [5.74, 6) is -1.47. The summed E-state index contributed by atoms with van der Waals surface area (Å²) in [6.45, 7) is 4.54. The van der Waals surface area contributed by atoms with E-state index >= 15 is 0 Å². The number of aliphatic hydroxyl groups excluding tert-OH is 1. The van der Waals surface area contributed by atoms with Crippen molar-refractivity contribution in [3.8, 4) is 0 Å². The molecule has 0 rings (SSSR count). The third-order valence-corrected chi connectivity index (χ3v) is 14.4. The van der Waals surface area contributed by atoms with Crippen molar-refractivity contribution in [1.29, 1.82) is 0 Å². The molecule has 3 atom stereocenters. The van der Waals surface area contributed by atoms with Crippen LogP contribution < -0.4 is 0 Å². The molecule has 0 heterocycles. The predicted molar refractivity (Wildman–Crippen MR) is 316 cm³/mol. The largest absolute Gasteiger partial charge is 0.472 e. The fourth-order valence-electron chi connectivity index (χ4n) is 8.70. The minimum atomic E-state index is -4.75. The van der Waals surface area contributed by atoms with Crippen LogP contribution in [0.1, 0.15) is 290 Å². The van der Waals surface area contributed by atoms with E-state index in [9.17, 15) is 28.9 Å². The first kappa shape index (κ1) is 73.2. The van der Waals surface area contributed by atoms with E-state index in [0.29, 0.717) is 19.3 Å². The summed E-state index contributed by atoms with van der Waals surface area (Å²) in [4.78, 5) is 48.7. The lowest BCUT2D eigenvalue weighted by Crippen LogP contribution is -2.30.